The first-order valence-electron chi connectivity index (χ1n) is 14.5. The molecule has 0 N–H and O–H groups in total. The van der Waals surface area contributed by atoms with Gasteiger partial charge in [-0.1, -0.05) is 54.5 Å². The summed E-state index contributed by atoms with van der Waals surface area (Å²) in [5.41, 5.74) is 7.66. The van der Waals surface area contributed by atoms with Crippen molar-refractivity contribution in [1.82, 2.24) is 0 Å². The summed E-state index contributed by atoms with van der Waals surface area (Å²) in [4.78, 5) is 0. The van der Waals surface area contributed by atoms with E-state index >= 15 is 0 Å². The summed E-state index contributed by atoms with van der Waals surface area (Å²) in [7, 11) is 0. The van der Waals surface area contributed by atoms with E-state index in [1.165, 1.54) is 22.3 Å². The molecule has 4 aromatic rings. The molecule has 4 bridgehead atoms. The van der Waals surface area contributed by atoms with Crippen LogP contribution >= 0.6 is 0 Å². The molecule has 3 nitrogen and oxygen atoms in total. The van der Waals surface area contributed by atoms with Crippen LogP contribution in [0.2, 0.25) is 0 Å². The van der Waals surface area contributed by atoms with E-state index in [-0.39, 0.29) is 21.7 Å². The number of hydrogen-bond acceptors (Lipinski definition) is 3. The Morgan fingerprint density at radius 2 is 0.595 bits per heavy atom. The third kappa shape index (κ3) is 3.79. The van der Waals surface area contributed by atoms with Crippen LogP contribution in [0.4, 0.5) is 0 Å². The Morgan fingerprint density at radius 3 is 0.786 bits per heavy atom. The lowest BCUT2D eigenvalue weighted by molar-refractivity contribution is -0.0691. The SMILES string of the molecule is C#Cc1ccc(C23CC4(c5ccc(C#N)cc5)CC(c5ccc(C#N)cc5)(C2)CC(c2ccc(C#N)cc2)(C3)C4)cc1. The van der Waals surface area contributed by atoms with Crippen LogP contribution in [0.25, 0.3) is 0 Å². The van der Waals surface area contributed by atoms with Crippen LogP contribution in [-0.2, 0) is 21.7 Å². The van der Waals surface area contributed by atoms with Crippen molar-refractivity contribution in [3.8, 4) is 30.6 Å². The molecular formula is C39H29N3. The highest BCUT2D eigenvalue weighted by atomic mass is 14.7. The highest BCUT2D eigenvalue weighted by molar-refractivity contribution is 5.52. The maximum absolute atomic E-state index is 9.55. The molecule has 0 spiro atoms. The number of rotatable bonds is 4. The molecule has 3 heteroatoms. The van der Waals surface area contributed by atoms with Gasteiger partial charge in [0.2, 0.25) is 0 Å². The minimum Gasteiger partial charge on any atom is -0.192 e. The van der Waals surface area contributed by atoms with Gasteiger partial charge in [0.25, 0.3) is 0 Å². The number of nitrogens with zero attached hydrogens (tertiary/aromatic N) is 3. The van der Waals surface area contributed by atoms with Crippen molar-refractivity contribution in [1.29, 1.82) is 15.8 Å². The Kier molecular flexibility index (Phi) is 5.67. The molecule has 4 aromatic carbocycles. The van der Waals surface area contributed by atoms with Crippen molar-refractivity contribution in [3.63, 3.8) is 0 Å². The summed E-state index contributed by atoms with van der Waals surface area (Å²) in [6.07, 6.45) is 11.9. The summed E-state index contributed by atoms with van der Waals surface area (Å²) < 4.78 is 0. The lowest BCUT2D eigenvalue weighted by atomic mass is 9.32. The normalized spacial score (nSPS) is 28.7. The largest absolute Gasteiger partial charge is 0.192 e. The zero-order chi connectivity index (χ0) is 29.0. The highest BCUT2D eigenvalue weighted by Crippen LogP contribution is 2.74. The maximum atomic E-state index is 9.55. The van der Waals surface area contributed by atoms with Crippen LogP contribution < -0.4 is 0 Å². The number of nitriles is 3. The van der Waals surface area contributed by atoms with Crippen LogP contribution in [-0.4, -0.2) is 0 Å². The zero-order valence-electron chi connectivity index (χ0n) is 23.4. The first-order valence-corrected chi connectivity index (χ1v) is 14.5. The van der Waals surface area contributed by atoms with Gasteiger partial charge in [-0.05, 0) is 131 Å². The number of benzene rings is 4. The molecule has 8 rings (SSSR count). The van der Waals surface area contributed by atoms with E-state index in [0.29, 0.717) is 16.7 Å². The molecule has 200 valence electrons. The Hall–Kier alpha value is -5.09. The summed E-state index contributed by atoms with van der Waals surface area (Å²) in [6, 6.07) is 40.4. The summed E-state index contributed by atoms with van der Waals surface area (Å²) >= 11 is 0. The number of hydrogen-bond donors (Lipinski definition) is 0. The van der Waals surface area contributed by atoms with Gasteiger partial charge in [-0.2, -0.15) is 15.8 Å². The second-order valence-corrected chi connectivity index (χ2v) is 13.0. The Bertz CT molecular complexity index is 1530. The molecule has 42 heavy (non-hydrogen) atoms. The first-order chi connectivity index (χ1) is 20.4. The third-order valence-electron chi connectivity index (χ3n) is 10.6. The lowest BCUT2D eigenvalue weighted by Gasteiger charge is -2.71. The smallest absolute Gasteiger partial charge is 0.0991 e. The van der Waals surface area contributed by atoms with Crippen LogP contribution in [0.15, 0.2) is 97.1 Å². The molecule has 0 aliphatic heterocycles. The molecular weight excluding hydrogens is 510 g/mol. The molecule has 0 amide bonds. The van der Waals surface area contributed by atoms with Gasteiger partial charge < -0.3 is 0 Å². The fourth-order valence-corrected chi connectivity index (χ4v) is 9.48. The van der Waals surface area contributed by atoms with E-state index in [4.69, 9.17) is 6.42 Å². The molecule has 0 atom stereocenters. The monoisotopic (exact) mass is 539 g/mol. The van der Waals surface area contributed by atoms with Gasteiger partial charge >= 0.3 is 0 Å². The highest BCUT2D eigenvalue weighted by Gasteiger charge is 2.69. The second-order valence-electron chi connectivity index (χ2n) is 13.0. The van der Waals surface area contributed by atoms with E-state index in [9.17, 15) is 15.8 Å². The van der Waals surface area contributed by atoms with Gasteiger partial charge in [0.15, 0.2) is 0 Å². The Balaban J connectivity index is 1.50. The molecule has 4 aliphatic rings. The quantitative estimate of drug-likeness (QED) is 0.249. The van der Waals surface area contributed by atoms with Gasteiger partial charge in [0.1, 0.15) is 0 Å². The molecule has 4 aliphatic carbocycles. The minimum atomic E-state index is -0.116. The zero-order valence-corrected chi connectivity index (χ0v) is 23.4. The molecule has 0 aromatic heterocycles. The predicted octanol–water partition coefficient (Wildman–Crippen LogP) is 7.72. The number of terminal acetylenes is 1. The Labute approximate surface area is 247 Å². The van der Waals surface area contributed by atoms with Crippen molar-refractivity contribution in [2.24, 2.45) is 0 Å². The van der Waals surface area contributed by atoms with Gasteiger partial charge in [0.05, 0.1) is 34.9 Å². The van der Waals surface area contributed by atoms with Crippen molar-refractivity contribution in [2.75, 3.05) is 0 Å². The summed E-state index contributed by atoms with van der Waals surface area (Å²) in [6.45, 7) is 0. The predicted molar refractivity (Wildman–Crippen MR) is 162 cm³/mol. The standard InChI is InChI=1S/C39H29N3/c1-2-28-3-11-32(12-4-28)36-22-37(33-13-5-29(19-40)6-14-33)25-38(23-36,34-15-7-30(20-41)8-16-34)27-39(24-36,26-37)35-17-9-31(21-42)10-18-35/h1,3-18H,22-27H2. The fraction of sp³-hybridized carbons (Fsp3) is 0.256. The minimum absolute atomic E-state index is 0.0996. The van der Waals surface area contributed by atoms with E-state index in [1.54, 1.807) is 0 Å². The second kappa shape index (κ2) is 9.22. The van der Waals surface area contributed by atoms with E-state index in [0.717, 1.165) is 44.1 Å². The van der Waals surface area contributed by atoms with Gasteiger partial charge in [-0.25, -0.2) is 0 Å². The third-order valence-corrected chi connectivity index (χ3v) is 10.6. The van der Waals surface area contributed by atoms with Gasteiger partial charge in [0, 0.05) is 5.56 Å². The van der Waals surface area contributed by atoms with E-state index in [2.05, 4.69) is 84.8 Å². The summed E-state index contributed by atoms with van der Waals surface area (Å²) in [5.74, 6) is 2.78. The molecule has 0 heterocycles. The van der Waals surface area contributed by atoms with Gasteiger partial charge in [-0.15, -0.1) is 6.42 Å². The topological polar surface area (TPSA) is 71.4 Å². The molecule has 4 saturated carbocycles. The van der Waals surface area contributed by atoms with Crippen LogP contribution in [0.1, 0.15) is 83.0 Å². The van der Waals surface area contributed by atoms with Crippen molar-refractivity contribution in [2.45, 2.75) is 60.2 Å². The average molecular weight is 540 g/mol. The molecule has 0 unspecified atom stereocenters. The van der Waals surface area contributed by atoms with Crippen LogP contribution in [0, 0.1) is 46.3 Å². The maximum Gasteiger partial charge on any atom is 0.0991 e. The average Bonchev–Trinajstić information content (AvgIpc) is 3.04. The van der Waals surface area contributed by atoms with Crippen molar-refractivity contribution in [3.05, 3.63) is 142 Å². The lowest BCUT2D eigenvalue weighted by Crippen LogP contribution is -2.67. The van der Waals surface area contributed by atoms with E-state index < -0.39 is 0 Å². The molecule has 0 radical (unpaired) electrons. The van der Waals surface area contributed by atoms with E-state index in [1.807, 2.05) is 36.4 Å². The van der Waals surface area contributed by atoms with Gasteiger partial charge in [-0.3, -0.25) is 0 Å². The van der Waals surface area contributed by atoms with Crippen LogP contribution in [0.5, 0.6) is 0 Å². The summed E-state index contributed by atoms with van der Waals surface area (Å²) in [5, 5.41) is 28.7. The first kappa shape index (κ1) is 25.8. The van der Waals surface area contributed by atoms with Crippen molar-refractivity contribution >= 4 is 0 Å². The van der Waals surface area contributed by atoms with Crippen LogP contribution in [0.3, 0.4) is 0 Å². The molecule has 4 fully saturated rings. The van der Waals surface area contributed by atoms with Crippen molar-refractivity contribution < 1.29 is 0 Å². The molecule has 0 saturated heterocycles. The Morgan fingerprint density at radius 1 is 0.381 bits per heavy atom. The fourth-order valence-electron chi connectivity index (χ4n) is 9.48.